The molecule has 2 aromatic rings. The molecule has 2 aliphatic heterocycles. The van der Waals surface area contributed by atoms with Gasteiger partial charge in [-0.25, -0.2) is 0 Å². The maximum atomic E-state index is 12.9. The van der Waals surface area contributed by atoms with Crippen molar-refractivity contribution < 1.29 is 33.2 Å². The monoisotopic (exact) mass is 657 g/mol. The van der Waals surface area contributed by atoms with E-state index in [0.717, 1.165) is 13.1 Å². The molecule has 47 heavy (non-hydrogen) atoms. The van der Waals surface area contributed by atoms with Gasteiger partial charge in [0.1, 0.15) is 11.6 Å². The van der Waals surface area contributed by atoms with Crippen LogP contribution >= 0.6 is 0 Å². The number of ether oxygens (including phenoxy) is 2. The quantitative estimate of drug-likeness (QED) is 0.258. The molecule has 2 aliphatic rings. The average Bonchev–Trinajstić information content (AvgIpc) is 3.62. The van der Waals surface area contributed by atoms with Gasteiger partial charge in [0.25, 0.3) is 5.91 Å². The van der Waals surface area contributed by atoms with Gasteiger partial charge in [0.15, 0.2) is 17.2 Å². The smallest absolute Gasteiger partial charge is 0.274 e. The molecule has 3 atom stereocenters. The van der Waals surface area contributed by atoms with E-state index >= 15 is 0 Å². The molecule has 4 rings (SSSR count). The second-order valence-electron chi connectivity index (χ2n) is 12.7. The zero-order chi connectivity index (χ0) is 35.0. The Labute approximate surface area is 279 Å². The molecule has 3 heterocycles. The molecule has 1 aromatic carbocycles. The Bertz CT molecular complexity index is 1250. The van der Waals surface area contributed by atoms with Crippen molar-refractivity contribution in [3.8, 4) is 0 Å². The lowest BCUT2D eigenvalue weighted by molar-refractivity contribution is -0.131. The third-order valence-electron chi connectivity index (χ3n) is 7.42. The van der Waals surface area contributed by atoms with Crippen LogP contribution in [0.15, 0.2) is 40.9 Å². The number of nitrogens with one attached hydrogen (secondary N) is 3. The van der Waals surface area contributed by atoms with Gasteiger partial charge >= 0.3 is 0 Å². The molecule has 2 fully saturated rings. The molecule has 0 aliphatic carbocycles. The highest BCUT2D eigenvalue weighted by Gasteiger charge is 2.50. The molecule has 0 spiro atoms. The van der Waals surface area contributed by atoms with Gasteiger partial charge in [-0.2, -0.15) is 0 Å². The lowest BCUT2D eigenvalue weighted by Crippen LogP contribution is -2.52. The van der Waals surface area contributed by atoms with Gasteiger partial charge in [0.05, 0.1) is 39.0 Å². The van der Waals surface area contributed by atoms with Crippen LogP contribution in [0.4, 0.5) is 0 Å². The lowest BCUT2D eigenvalue weighted by Gasteiger charge is -2.25. The number of rotatable bonds is 14. The van der Waals surface area contributed by atoms with Crippen LogP contribution in [0, 0.1) is 18.8 Å². The van der Waals surface area contributed by atoms with E-state index in [0.29, 0.717) is 45.0 Å². The normalized spacial score (nSPS) is 18.5. The summed E-state index contributed by atoms with van der Waals surface area (Å²) in [7, 11) is 0. The fraction of sp³-hybridized carbons (Fsp3) is 0.629. The van der Waals surface area contributed by atoms with Gasteiger partial charge in [-0.1, -0.05) is 82.6 Å². The van der Waals surface area contributed by atoms with Crippen LogP contribution in [0.2, 0.25) is 0 Å². The van der Waals surface area contributed by atoms with E-state index in [4.69, 9.17) is 14.0 Å². The predicted octanol–water partition coefficient (Wildman–Crippen LogP) is 3.68. The molecule has 0 bridgehead atoms. The molecule has 1 aromatic heterocycles. The van der Waals surface area contributed by atoms with Crippen LogP contribution in [0.3, 0.4) is 0 Å². The number of ketones is 1. The number of carbonyl (C=O) groups excluding carboxylic acids is 4. The second-order valence-corrected chi connectivity index (χ2v) is 12.7. The minimum atomic E-state index is -0.874. The number of Topliss-reactive ketones (excluding diaryl/α,β-unsaturated/α-hetero) is 1. The number of nitrogens with zero attached hydrogens (tertiary/aromatic N) is 2. The SMILES string of the molecule is CC.CC(C)C[C@H](NC(=O)c1cc(CN2CCOCC2)on1)C(=O)NCC(=O)N[C@@H](CC(C)C)C(=O)[C@@]1(C)CO1.Cc1ccccc1. The first kappa shape index (κ1) is 39.6. The number of amides is 3. The maximum absolute atomic E-state index is 12.9. The van der Waals surface area contributed by atoms with Gasteiger partial charge in [0.2, 0.25) is 11.8 Å². The van der Waals surface area contributed by atoms with Crippen molar-refractivity contribution in [3.05, 3.63) is 53.4 Å². The van der Waals surface area contributed by atoms with Crippen LogP contribution in [0.5, 0.6) is 0 Å². The zero-order valence-electron chi connectivity index (χ0n) is 29.4. The molecule has 3 N–H and O–H groups in total. The second kappa shape index (κ2) is 19.9. The standard InChI is InChI=1S/C26H41N5O7.C7H8.C2H6/c1-16(2)10-19(23(33)26(5)15-37-26)28-22(32)13-27-24(34)20(11-17(3)4)29-25(35)21-12-18(38-30-21)14-31-6-8-36-9-7-31;1-7-5-3-2-4-6-7;1-2/h12,16-17,19-20H,6-11,13-15H2,1-5H3,(H,27,34)(H,28,32)(H,29,35);2-6H,1H3;1-2H3/t19-,20-,26+;;/m0../s1. The number of carbonyl (C=O) groups is 4. The van der Waals surface area contributed by atoms with Gasteiger partial charge in [-0.15, -0.1) is 0 Å². The maximum Gasteiger partial charge on any atom is 0.274 e. The van der Waals surface area contributed by atoms with Gasteiger partial charge < -0.3 is 29.9 Å². The number of hydrogen-bond donors (Lipinski definition) is 3. The summed E-state index contributed by atoms with van der Waals surface area (Å²) in [6.45, 7) is 18.9. The van der Waals surface area contributed by atoms with E-state index in [-0.39, 0.29) is 29.9 Å². The van der Waals surface area contributed by atoms with Gasteiger partial charge in [0, 0.05) is 19.2 Å². The Kier molecular flexibility index (Phi) is 16.8. The van der Waals surface area contributed by atoms with Crippen LogP contribution in [-0.2, 0) is 30.4 Å². The molecule has 12 nitrogen and oxygen atoms in total. The first-order valence-electron chi connectivity index (χ1n) is 16.7. The molecule has 2 saturated heterocycles. The van der Waals surface area contributed by atoms with Crippen molar-refractivity contribution in [2.45, 2.75) is 92.5 Å². The van der Waals surface area contributed by atoms with Crippen molar-refractivity contribution in [1.82, 2.24) is 26.0 Å². The van der Waals surface area contributed by atoms with Crippen LogP contribution in [-0.4, -0.2) is 90.7 Å². The molecule has 262 valence electrons. The highest BCUT2D eigenvalue weighted by molar-refractivity contribution is 5.98. The van der Waals surface area contributed by atoms with E-state index < -0.39 is 35.4 Å². The summed E-state index contributed by atoms with van der Waals surface area (Å²) in [6, 6.07) is 10.3. The fourth-order valence-corrected chi connectivity index (χ4v) is 4.80. The summed E-state index contributed by atoms with van der Waals surface area (Å²) in [6.07, 6.45) is 0.830. The number of aryl methyl sites for hydroxylation is 1. The molecule has 0 saturated carbocycles. The van der Waals surface area contributed by atoms with E-state index in [1.807, 2.05) is 59.7 Å². The minimum absolute atomic E-state index is 0.0818. The summed E-state index contributed by atoms with van der Waals surface area (Å²) in [5.41, 5.74) is 0.548. The van der Waals surface area contributed by atoms with E-state index in [1.54, 1.807) is 13.0 Å². The topological polar surface area (TPSA) is 155 Å². The summed E-state index contributed by atoms with van der Waals surface area (Å²) in [4.78, 5) is 53.2. The Morgan fingerprint density at radius 2 is 1.53 bits per heavy atom. The first-order chi connectivity index (χ1) is 22.4. The van der Waals surface area contributed by atoms with E-state index in [2.05, 4.69) is 45.1 Å². The van der Waals surface area contributed by atoms with E-state index in [1.165, 1.54) is 5.56 Å². The third kappa shape index (κ3) is 14.4. The number of epoxide rings is 1. The summed E-state index contributed by atoms with van der Waals surface area (Å²) >= 11 is 0. The average molecular weight is 658 g/mol. The Morgan fingerprint density at radius 3 is 2.06 bits per heavy atom. The van der Waals surface area contributed by atoms with Crippen LogP contribution < -0.4 is 16.0 Å². The summed E-state index contributed by atoms with van der Waals surface area (Å²) in [5, 5.41) is 11.9. The molecule has 12 heteroatoms. The van der Waals surface area contributed by atoms with Crippen molar-refractivity contribution in [2.24, 2.45) is 11.8 Å². The molecular weight excluding hydrogens is 602 g/mol. The van der Waals surface area contributed by atoms with Crippen molar-refractivity contribution in [2.75, 3.05) is 39.5 Å². The number of aromatic nitrogens is 1. The molecule has 0 unspecified atom stereocenters. The number of morpholine rings is 1. The Balaban J connectivity index is 0.000000743. The van der Waals surface area contributed by atoms with E-state index in [9.17, 15) is 19.2 Å². The molecule has 0 radical (unpaired) electrons. The highest BCUT2D eigenvalue weighted by atomic mass is 16.6. The largest absolute Gasteiger partial charge is 0.379 e. The molecule has 3 amide bonds. The van der Waals surface area contributed by atoms with Crippen molar-refractivity contribution >= 4 is 23.5 Å². The Morgan fingerprint density at radius 1 is 0.936 bits per heavy atom. The Hall–Kier alpha value is -3.61. The van der Waals surface area contributed by atoms with Gasteiger partial charge in [-0.05, 0) is 38.5 Å². The van der Waals surface area contributed by atoms with Crippen LogP contribution in [0.1, 0.15) is 83.1 Å². The summed E-state index contributed by atoms with van der Waals surface area (Å²) < 4.78 is 15.9. The predicted molar refractivity (Wildman–Crippen MR) is 180 cm³/mol. The first-order valence-corrected chi connectivity index (χ1v) is 16.7. The summed E-state index contributed by atoms with van der Waals surface area (Å²) in [5.74, 6) is -0.860. The zero-order valence-corrected chi connectivity index (χ0v) is 29.4. The number of benzene rings is 1. The van der Waals surface area contributed by atoms with Crippen LogP contribution in [0.25, 0.3) is 0 Å². The number of hydrogen-bond acceptors (Lipinski definition) is 9. The molecular formula is C35H55N5O7. The third-order valence-corrected chi connectivity index (χ3v) is 7.42. The lowest BCUT2D eigenvalue weighted by atomic mass is 9.93. The fourth-order valence-electron chi connectivity index (χ4n) is 4.80. The minimum Gasteiger partial charge on any atom is -0.379 e. The van der Waals surface area contributed by atoms with Crippen molar-refractivity contribution in [1.29, 1.82) is 0 Å². The van der Waals surface area contributed by atoms with Gasteiger partial charge in [-0.3, -0.25) is 24.1 Å². The van der Waals surface area contributed by atoms with Crippen molar-refractivity contribution in [3.63, 3.8) is 0 Å². The highest BCUT2D eigenvalue weighted by Crippen LogP contribution is 2.29.